The maximum atomic E-state index is 11.0. The van der Waals surface area contributed by atoms with Crippen LogP contribution in [0.4, 0.5) is 5.69 Å². The highest BCUT2D eigenvalue weighted by Crippen LogP contribution is 2.17. The Morgan fingerprint density at radius 1 is 1.25 bits per heavy atom. The third-order valence-corrected chi connectivity index (χ3v) is 2.48. The fraction of sp³-hybridized carbons (Fsp3) is 0.111. The maximum Gasteiger partial charge on any atom is 0.229 e. The summed E-state index contributed by atoms with van der Waals surface area (Å²) in [5.74, 6) is 0.644. The summed E-state index contributed by atoms with van der Waals surface area (Å²) in [5, 5.41) is 6.45. The quantitative estimate of drug-likeness (QED) is 0.829. The van der Waals surface area contributed by atoms with E-state index < -0.39 is 10.0 Å². The van der Waals surface area contributed by atoms with Gasteiger partial charge in [-0.3, -0.25) is 9.82 Å². The first-order valence-corrected chi connectivity index (χ1v) is 6.37. The lowest BCUT2D eigenvalue weighted by molar-refractivity contribution is 0.607. The van der Waals surface area contributed by atoms with Gasteiger partial charge in [-0.05, 0) is 24.3 Å². The van der Waals surface area contributed by atoms with E-state index >= 15 is 0 Å². The van der Waals surface area contributed by atoms with Gasteiger partial charge in [-0.15, -0.1) is 0 Å². The van der Waals surface area contributed by atoms with Crippen LogP contribution in [0, 0.1) is 0 Å². The lowest BCUT2D eigenvalue weighted by Crippen LogP contribution is -2.09. The topological polar surface area (TPSA) is 87.7 Å². The van der Waals surface area contributed by atoms with Crippen LogP contribution in [0.5, 0.6) is 0 Å². The first kappa shape index (κ1) is 10.6. The van der Waals surface area contributed by atoms with Gasteiger partial charge in [0.25, 0.3) is 0 Å². The van der Waals surface area contributed by atoms with Crippen molar-refractivity contribution in [3.05, 3.63) is 30.6 Å². The second-order valence-corrected chi connectivity index (χ2v) is 5.03. The average Bonchev–Trinajstić information content (AvgIpc) is 2.69. The number of aromatic amines is 1. The van der Waals surface area contributed by atoms with Crippen molar-refractivity contribution >= 4 is 15.7 Å². The van der Waals surface area contributed by atoms with Crippen molar-refractivity contribution in [2.24, 2.45) is 0 Å². The first-order valence-electron chi connectivity index (χ1n) is 4.48. The van der Waals surface area contributed by atoms with E-state index in [0.29, 0.717) is 11.5 Å². The van der Waals surface area contributed by atoms with Crippen LogP contribution < -0.4 is 4.72 Å². The minimum atomic E-state index is -3.23. The van der Waals surface area contributed by atoms with Gasteiger partial charge in [0.05, 0.1) is 6.26 Å². The van der Waals surface area contributed by atoms with E-state index in [0.717, 1.165) is 11.8 Å². The van der Waals surface area contributed by atoms with Crippen molar-refractivity contribution in [2.75, 3.05) is 11.0 Å². The summed E-state index contributed by atoms with van der Waals surface area (Å²) in [5.41, 5.74) is 1.36. The van der Waals surface area contributed by atoms with Gasteiger partial charge in [-0.2, -0.15) is 5.10 Å². The molecule has 6 nitrogen and oxygen atoms in total. The molecule has 2 N–H and O–H groups in total. The zero-order valence-corrected chi connectivity index (χ0v) is 9.32. The van der Waals surface area contributed by atoms with Gasteiger partial charge in [0.15, 0.2) is 5.82 Å². The molecule has 0 amide bonds. The second kappa shape index (κ2) is 3.93. The van der Waals surface area contributed by atoms with Crippen molar-refractivity contribution in [2.45, 2.75) is 0 Å². The fourth-order valence-electron chi connectivity index (χ4n) is 1.25. The van der Waals surface area contributed by atoms with Gasteiger partial charge in [0.2, 0.25) is 10.0 Å². The van der Waals surface area contributed by atoms with Gasteiger partial charge in [-0.25, -0.2) is 13.4 Å². The summed E-state index contributed by atoms with van der Waals surface area (Å²) in [4.78, 5) is 3.99. The van der Waals surface area contributed by atoms with Crippen LogP contribution in [0.15, 0.2) is 30.6 Å². The summed E-state index contributed by atoms with van der Waals surface area (Å²) in [6.07, 6.45) is 2.52. The number of H-pyrrole nitrogens is 1. The Balaban J connectivity index is 2.24. The van der Waals surface area contributed by atoms with Crippen LogP contribution in [-0.4, -0.2) is 29.9 Å². The van der Waals surface area contributed by atoms with E-state index in [9.17, 15) is 8.42 Å². The summed E-state index contributed by atoms with van der Waals surface area (Å²) >= 11 is 0. The molecule has 0 aliphatic heterocycles. The van der Waals surface area contributed by atoms with Crippen molar-refractivity contribution in [3.63, 3.8) is 0 Å². The van der Waals surface area contributed by atoms with Gasteiger partial charge in [0, 0.05) is 11.3 Å². The molecule has 16 heavy (non-hydrogen) atoms. The second-order valence-electron chi connectivity index (χ2n) is 3.29. The number of hydrogen-bond acceptors (Lipinski definition) is 4. The molecule has 1 aromatic carbocycles. The van der Waals surface area contributed by atoms with Crippen LogP contribution >= 0.6 is 0 Å². The van der Waals surface area contributed by atoms with Gasteiger partial charge < -0.3 is 0 Å². The summed E-state index contributed by atoms with van der Waals surface area (Å²) in [6, 6.07) is 6.85. The molecule has 0 radical (unpaired) electrons. The summed E-state index contributed by atoms with van der Waals surface area (Å²) < 4.78 is 24.3. The zero-order valence-electron chi connectivity index (χ0n) is 8.51. The molecule has 2 rings (SSSR count). The number of hydrogen-bond donors (Lipinski definition) is 2. The first-order chi connectivity index (χ1) is 7.54. The molecular formula is C9H10N4O2S. The molecule has 0 fully saturated rings. The molecule has 0 saturated heterocycles. The van der Waals surface area contributed by atoms with Gasteiger partial charge >= 0.3 is 0 Å². The Morgan fingerprint density at radius 3 is 2.44 bits per heavy atom. The third kappa shape index (κ3) is 2.57. The SMILES string of the molecule is CS(=O)(=O)Nc1ccc(-c2ncn[nH]2)cc1. The van der Waals surface area contributed by atoms with Crippen LogP contribution in [0.1, 0.15) is 0 Å². The Hall–Kier alpha value is -1.89. The number of aromatic nitrogens is 3. The predicted octanol–water partition coefficient (Wildman–Crippen LogP) is 0.843. The van der Waals surface area contributed by atoms with Gasteiger partial charge in [-0.1, -0.05) is 0 Å². The summed E-state index contributed by atoms with van der Waals surface area (Å²) in [6.45, 7) is 0. The van der Waals surface area contributed by atoms with E-state index in [1.54, 1.807) is 24.3 Å². The van der Waals surface area contributed by atoms with E-state index in [4.69, 9.17) is 0 Å². The van der Waals surface area contributed by atoms with Crippen LogP contribution in [0.25, 0.3) is 11.4 Å². The molecule has 1 heterocycles. The molecule has 2 aromatic rings. The largest absolute Gasteiger partial charge is 0.284 e. The molecule has 0 unspecified atom stereocenters. The van der Waals surface area contributed by atoms with Crippen molar-refractivity contribution in [1.29, 1.82) is 0 Å². The highest BCUT2D eigenvalue weighted by atomic mass is 32.2. The highest BCUT2D eigenvalue weighted by Gasteiger charge is 2.03. The number of benzene rings is 1. The van der Waals surface area contributed by atoms with E-state index in [1.165, 1.54) is 6.33 Å². The molecule has 0 bridgehead atoms. The van der Waals surface area contributed by atoms with Crippen molar-refractivity contribution < 1.29 is 8.42 Å². The van der Waals surface area contributed by atoms with Crippen LogP contribution in [0.2, 0.25) is 0 Å². The van der Waals surface area contributed by atoms with E-state index in [2.05, 4.69) is 19.9 Å². The number of nitrogens with one attached hydrogen (secondary N) is 2. The highest BCUT2D eigenvalue weighted by molar-refractivity contribution is 7.92. The normalized spacial score (nSPS) is 11.3. The van der Waals surface area contributed by atoms with Crippen LogP contribution in [-0.2, 0) is 10.0 Å². The Bertz CT molecular complexity index is 560. The van der Waals surface area contributed by atoms with E-state index in [1.807, 2.05) is 0 Å². The Kier molecular flexibility index (Phi) is 2.61. The molecule has 1 aromatic heterocycles. The molecule has 84 valence electrons. The number of nitrogens with zero attached hydrogens (tertiary/aromatic N) is 2. The maximum absolute atomic E-state index is 11.0. The lowest BCUT2D eigenvalue weighted by atomic mass is 10.2. The van der Waals surface area contributed by atoms with Gasteiger partial charge in [0.1, 0.15) is 6.33 Å². The van der Waals surface area contributed by atoms with Crippen molar-refractivity contribution in [3.8, 4) is 11.4 Å². The minimum Gasteiger partial charge on any atom is -0.284 e. The molecule has 0 saturated carbocycles. The summed E-state index contributed by atoms with van der Waals surface area (Å²) in [7, 11) is -3.23. The lowest BCUT2D eigenvalue weighted by Gasteiger charge is -2.03. The molecule has 7 heteroatoms. The predicted molar refractivity (Wildman–Crippen MR) is 60.3 cm³/mol. The number of sulfonamides is 1. The number of rotatable bonds is 3. The third-order valence-electron chi connectivity index (χ3n) is 1.88. The Morgan fingerprint density at radius 2 is 1.94 bits per heavy atom. The Labute approximate surface area is 92.8 Å². The average molecular weight is 238 g/mol. The number of anilines is 1. The zero-order chi connectivity index (χ0) is 11.6. The van der Waals surface area contributed by atoms with E-state index in [-0.39, 0.29) is 0 Å². The fourth-order valence-corrected chi connectivity index (χ4v) is 1.82. The monoisotopic (exact) mass is 238 g/mol. The van der Waals surface area contributed by atoms with Crippen molar-refractivity contribution in [1.82, 2.24) is 15.2 Å². The van der Waals surface area contributed by atoms with Crippen LogP contribution in [0.3, 0.4) is 0 Å². The molecular weight excluding hydrogens is 228 g/mol. The smallest absolute Gasteiger partial charge is 0.229 e. The molecule has 0 spiro atoms. The molecule has 0 aliphatic rings. The minimum absolute atomic E-state index is 0.519. The molecule has 0 atom stereocenters. The molecule has 0 aliphatic carbocycles. The standard InChI is InChI=1S/C9H10N4O2S/c1-16(14,15)13-8-4-2-7(3-5-8)9-10-6-11-12-9/h2-6,13H,1H3,(H,10,11,12).